The zero-order valence-electron chi connectivity index (χ0n) is 10.5. The Labute approximate surface area is 100 Å². The average molecular weight is 232 g/mol. The maximum atomic E-state index is 11.6. The van der Waals surface area contributed by atoms with E-state index in [2.05, 4.69) is 25.9 Å². The molecule has 0 aromatic carbocycles. The summed E-state index contributed by atoms with van der Waals surface area (Å²) in [7, 11) is 1.37. The second kappa shape index (κ2) is 3.87. The number of esters is 1. The van der Waals surface area contributed by atoms with Crippen molar-refractivity contribution in [2.45, 2.75) is 26.2 Å². The van der Waals surface area contributed by atoms with Gasteiger partial charge in [0.05, 0.1) is 18.8 Å². The summed E-state index contributed by atoms with van der Waals surface area (Å²) >= 11 is 0. The molecule has 0 N–H and O–H groups in total. The molecule has 2 aromatic heterocycles. The molecule has 0 bridgehead atoms. The molecule has 2 rings (SSSR count). The van der Waals surface area contributed by atoms with Gasteiger partial charge in [0.25, 0.3) is 0 Å². The van der Waals surface area contributed by atoms with Crippen LogP contribution in [0.1, 0.15) is 36.7 Å². The molecule has 0 saturated heterocycles. The third-order valence-corrected chi connectivity index (χ3v) is 2.79. The first-order chi connectivity index (χ1) is 7.93. The van der Waals surface area contributed by atoms with Crippen LogP contribution in [0.15, 0.2) is 24.5 Å². The molecule has 90 valence electrons. The molecule has 2 heterocycles. The van der Waals surface area contributed by atoms with Crippen molar-refractivity contribution in [1.29, 1.82) is 0 Å². The first-order valence-electron chi connectivity index (χ1n) is 5.49. The second-order valence-corrected chi connectivity index (χ2v) is 5.05. The molecule has 0 aliphatic heterocycles. The van der Waals surface area contributed by atoms with Crippen molar-refractivity contribution in [2.75, 3.05) is 7.11 Å². The van der Waals surface area contributed by atoms with Gasteiger partial charge in [-0.2, -0.15) is 5.10 Å². The zero-order chi connectivity index (χ0) is 12.6. The number of ether oxygens (including phenoxy) is 1. The molecular weight excluding hydrogens is 216 g/mol. The van der Waals surface area contributed by atoms with E-state index in [1.165, 1.54) is 13.3 Å². The summed E-state index contributed by atoms with van der Waals surface area (Å²) in [5, 5.41) is 4.13. The van der Waals surface area contributed by atoms with Crippen LogP contribution in [-0.4, -0.2) is 22.7 Å². The molecule has 0 atom stereocenters. The molecule has 0 saturated carbocycles. The van der Waals surface area contributed by atoms with Gasteiger partial charge in [-0.1, -0.05) is 20.8 Å². The van der Waals surface area contributed by atoms with Crippen LogP contribution in [0.25, 0.3) is 5.52 Å². The lowest BCUT2D eigenvalue weighted by atomic mass is 9.87. The number of aromatic nitrogens is 2. The quantitative estimate of drug-likeness (QED) is 0.709. The molecule has 2 aromatic rings. The van der Waals surface area contributed by atoms with Gasteiger partial charge in [-0.25, -0.2) is 9.31 Å². The van der Waals surface area contributed by atoms with Crippen molar-refractivity contribution in [1.82, 2.24) is 9.61 Å². The molecule has 0 unspecified atom stereocenters. The van der Waals surface area contributed by atoms with E-state index < -0.39 is 0 Å². The number of carbonyl (C=O) groups is 1. The minimum atomic E-state index is -0.356. The number of nitrogens with zero attached hydrogens (tertiary/aromatic N) is 2. The highest BCUT2D eigenvalue weighted by Gasteiger charge is 2.17. The Bertz CT molecular complexity index is 564. The molecule has 17 heavy (non-hydrogen) atoms. The predicted octanol–water partition coefficient (Wildman–Crippen LogP) is 2.42. The van der Waals surface area contributed by atoms with Crippen molar-refractivity contribution >= 4 is 11.5 Å². The van der Waals surface area contributed by atoms with Crippen LogP contribution in [0.3, 0.4) is 0 Å². The van der Waals surface area contributed by atoms with Gasteiger partial charge >= 0.3 is 5.97 Å². The fourth-order valence-corrected chi connectivity index (χ4v) is 1.71. The SMILES string of the molecule is COC(=O)c1cnn2ccc(C(C)(C)C)cc12. The summed E-state index contributed by atoms with van der Waals surface area (Å²) in [5.41, 5.74) is 2.48. The number of pyridine rings is 1. The highest BCUT2D eigenvalue weighted by molar-refractivity contribution is 5.96. The van der Waals surface area contributed by atoms with Crippen LogP contribution in [0.5, 0.6) is 0 Å². The van der Waals surface area contributed by atoms with E-state index in [1.807, 2.05) is 18.3 Å². The first-order valence-corrected chi connectivity index (χ1v) is 5.49. The van der Waals surface area contributed by atoms with E-state index in [0.29, 0.717) is 5.56 Å². The van der Waals surface area contributed by atoms with Crippen molar-refractivity contribution in [3.8, 4) is 0 Å². The third-order valence-electron chi connectivity index (χ3n) is 2.79. The number of rotatable bonds is 1. The highest BCUT2D eigenvalue weighted by Crippen LogP contribution is 2.24. The molecule has 0 amide bonds. The number of fused-ring (bicyclic) bond motifs is 1. The second-order valence-electron chi connectivity index (χ2n) is 5.05. The van der Waals surface area contributed by atoms with Crippen molar-refractivity contribution < 1.29 is 9.53 Å². The van der Waals surface area contributed by atoms with Crippen LogP contribution in [0, 0.1) is 0 Å². The van der Waals surface area contributed by atoms with Gasteiger partial charge in [-0.3, -0.25) is 0 Å². The van der Waals surface area contributed by atoms with Gasteiger partial charge in [-0.05, 0) is 23.1 Å². The van der Waals surface area contributed by atoms with Gasteiger partial charge in [0.15, 0.2) is 0 Å². The summed E-state index contributed by atoms with van der Waals surface area (Å²) in [5.74, 6) is -0.356. The highest BCUT2D eigenvalue weighted by atomic mass is 16.5. The van der Waals surface area contributed by atoms with Crippen LogP contribution in [-0.2, 0) is 10.2 Å². The van der Waals surface area contributed by atoms with Crippen molar-refractivity contribution in [3.05, 3.63) is 35.7 Å². The average Bonchev–Trinajstić information content (AvgIpc) is 2.69. The van der Waals surface area contributed by atoms with Crippen LogP contribution in [0.2, 0.25) is 0 Å². The fraction of sp³-hybridized carbons (Fsp3) is 0.385. The zero-order valence-corrected chi connectivity index (χ0v) is 10.5. The van der Waals surface area contributed by atoms with Crippen molar-refractivity contribution in [3.63, 3.8) is 0 Å². The maximum Gasteiger partial charge on any atom is 0.341 e. The maximum absolute atomic E-state index is 11.6. The third kappa shape index (κ3) is 2.02. The Morgan fingerprint density at radius 1 is 1.41 bits per heavy atom. The first kappa shape index (κ1) is 11.6. The molecule has 0 aliphatic rings. The van der Waals surface area contributed by atoms with Crippen LogP contribution < -0.4 is 0 Å². The van der Waals surface area contributed by atoms with E-state index in [1.54, 1.807) is 4.52 Å². The van der Waals surface area contributed by atoms with Crippen LogP contribution in [0.4, 0.5) is 0 Å². The Morgan fingerprint density at radius 3 is 2.71 bits per heavy atom. The Kier molecular flexibility index (Phi) is 2.65. The topological polar surface area (TPSA) is 43.6 Å². The normalized spacial score (nSPS) is 11.8. The van der Waals surface area contributed by atoms with Gasteiger partial charge in [0.2, 0.25) is 0 Å². The van der Waals surface area contributed by atoms with Gasteiger partial charge in [-0.15, -0.1) is 0 Å². The largest absolute Gasteiger partial charge is 0.465 e. The predicted molar refractivity (Wildman–Crippen MR) is 65.2 cm³/mol. The Morgan fingerprint density at radius 2 is 2.12 bits per heavy atom. The summed E-state index contributed by atoms with van der Waals surface area (Å²) in [6.07, 6.45) is 3.40. The monoisotopic (exact) mass is 232 g/mol. The van der Waals surface area contributed by atoms with E-state index in [-0.39, 0.29) is 11.4 Å². The number of methoxy groups -OCH3 is 1. The summed E-state index contributed by atoms with van der Waals surface area (Å²) in [6, 6.07) is 4.00. The Balaban J connectivity index is 2.62. The minimum Gasteiger partial charge on any atom is -0.465 e. The molecule has 0 aliphatic carbocycles. The van der Waals surface area contributed by atoms with Crippen molar-refractivity contribution in [2.24, 2.45) is 0 Å². The standard InChI is InChI=1S/C13H16N2O2/c1-13(2,3)9-5-6-15-11(7-9)10(8-14-15)12(16)17-4/h5-8H,1-4H3. The summed E-state index contributed by atoms with van der Waals surface area (Å²) in [6.45, 7) is 6.40. The van der Waals surface area contributed by atoms with E-state index in [4.69, 9.17) is 4.74 Å². The van der Waals surface area contributed by atoms with Gasteiger partial charge in [0, 0.05) is 6.20 Å². The summed E-state index contributed by atoms with van der Waals surface area (Å²) in [4.78, 5) is 11.6. The molecule has 0 spiro atoms. The fourth-order valence-electron chi connectivity index (χ4n) is 1.71. The summed E-state index contributed by atoms with van der Waals surface area (Å²) < 4.78 is 6.42. The van der Waals surface area contributed by atoms with Gasteiger partial charge < -0.3 is 4.74 Å². The lowest BCUT2D eigenvalue weighted by Crippen LogP contribution is -2.11. The Hall–Kier alpha value is -1.84. The lowest BCUT2D eigenvalue weighted by Gasteiger charge is -2.18. The minimum absolute atomic E-state index is 0.0411. The molecule has 4 heteroatoms. The lowest BCUT2D eigenvalue weighted by molar-refractivity contribution is 0.0603. The van der Waals surface area contributed by atoms with Gasteiger partial charge in [0.1, 0.15) is 5.56 Å². The molecule has 4 nitrogen and oxygen atoms in total. The van der Waals surface area contributed by atoms with E-state index in [9.17, 15) is 4.79 Å². The van der Waals surface area contributed by atoms with E-state index >= 15 is 0 Å². The molecule has 0 fully saturated rings. The molecule has 0 radical (unpaired) electrons. The number of carbonyl (C=O) groups excluding carboxylic acids is 1. The van der Waals surface area contributed by atoms with E-state index in [0.717, 1.165) is 11.1 Å². The van der Waals surface area contributed by atoms with Crippen LogP contribution >= 0.6 is 0 Å². The number of hydrogen-bond acceptors (Lipinski definition) is 3. The molecular formula is C13H16N2O2. The smallest absolute Gasteiger partial charge is 0.341 e. The number of hydrogen-bond donors (Lipinski definition) is 0.